The molecule has 0 aromatic heterocycles. The minimum Gasteiger partial charge on any atom is -0.377 e. The van der Waals surface area contributed by atoms with Crippen LogP contribution in [0.1, 0.15) is 16.7 Å². The van der Waals surface area contributed by atoms with Crippen LogP contribution < -0.4 is 4.90 Å². The molecule has 0 aliphatic rings. The summed E-state index contributed by atoms with van der Waals surface area (Å²) in [4.78, 5) is 4.27. The Bertz CT molecular complexity index is 542. The lowest BCUT2D eigenvalue weighted by molar-refractivity contribution is 0.402. The molecule has 0 saturated heterocycles. The summed E-state index contributed by atoms with van der Waals surface area (Å²) < 4.78 is 0. The van der Waals surface area contributed by atoms with Crippen molar-refractivity contribution in [3.63, 3.8) is 0 Å². The van der Waals surface area contributed by atoms with Crippen LogP contribution in [-0.4, -0.2) is 33.1 Å². The van der Waals surface area contributed by atoms with Gasteiger partial charge in [-0.25, -0.2) is 0 Å². The van der Waals surface area contributed by atoms with E-state index < -0.39 is 0 Å². The van der Waals surface area contributed by atoms with Gasteiger partial charge in [0.2, 0.25) is 0 Å². The van der Waals surface area contributed by atoms with Gasteiger partial charge in [-0.1, -0.05) is 36.4 Å². The van der Waals surface area contributed by atoms with E-state index in [1.165, 1.54) is 16.7 Å². The normalized spacial score (nSPS) is 10.8. The van der Waals surface area contributed by atoms with Gasteiger partial charge in [0, 0.05) is 32.4 Å². The molecule has 2 heteroatoms. The molecule has 2 nitrogen and oxygen atoms in total. The van der Waals surface area contributed by atoms with Gasteiger partial charge in [0.05, 0.1) is 0 Å². The monoisotopic (exact) mass is 267 g/mol. The molecule has 2 aromatic rings. The smallest absolute Gasteiger partial charge is 0.0444 e. The molecule has 0 spiro atoms. The lowest BCUT2D eigenvalue weighted by Crippen LogP contribution is -2.10. The molecular formula is C18H23N2. The van der Waals surface area contributed by atoms with Crippen molar-refractivity contribution in [1.29, 1.82) is 0 Å². The van der Waals surface area contributed by atoms with Crippen molar-refractivity contribution in [2.24, 2.45) is 0 Å². The largest absolute Gasteiger partial charge is 0.377 e. The third kappa shape index (κ3) is 4.10. The van der Waals surface area contributed by atoms with Crippen LogP contribution in [0.5, 0.6) is 0 Å². The van der Waals surface area contributed by atoms with Crippen LogP contribution in [-0.2, 0) is 13.0 Å². The zero-order valence-corrected chi connectivity index (χ0v) is 12.9. The summed E-state index contributed by atoms with van der Waals surface area (Å²) in [5.74, 6) is 0. The number of nitrogens with zero attached hydrogens (tertiary/aromatic N) is 2. The summed E-state index contributed by atoms with van der Waals surface area (Å²) in [5.41, 5.74) is 5.16. The fourth-order valence-corrected chi connectivity index (χ4v) is 2.23. The molecule has 0 saturated carbocycles. The molecule has 0 atom stereocenters. The third-order valence-electron chi connectivity index (χ3n) is 3.26. The van der Waals surface area contributed by atoms with E-state index in [9.17, 15) is 0 Å². The predicted octanol–water partition coefficient (Wildman–Crippen LogP) is 3.21. The summed E-state index contributed by atoms with van der Waals surface area (Å²) in [6.45, 7) is 0.991. The molecule has 0 amide bonds. The summed E-state index contributed by atoms with van der Waals surface area (Å²) in [5, 5.41) is 0. The first-order valence-corrected chi connectivity index (χ1v) is 6.95. The van der Waals surface area contributed by atoms with Gasteiger partial charge in [-0.3, -0.25) is 0 Å². The SMILES string of the molecule is CN(C)Cc1ccc(Cc2cc[c]c(N(C)C)c2)cc1. The van der Waals surface area contributed by atoms with Crippen LogP contribution in [0.25, 0.3) is 0 Å². The lowest BCUT2D eigenvalue weighted by Gasteiger charge is -2.13. The van der Waals surface area contributed by atoms with Gasteiger partial charge in [-0.2, -0.15) is 0 Å². The molecule has 0 unspecified atom stereocenters. The predicted molar refractivity (Wildman–Crippen MR) is 86.2 cm³/mol. The van der Waals surface area contributed by atoms with E-state index in [4.69, 9.17) is 0 Å². The van der Waals surface area contributed by atoms with Crippen LogP contribution in [0.3, 0.4) is 0 Å². The second kappa shape index (κ2) is 6.58. The van der Waals surface area contributed by atoms with Crippen molar-refractivity contribution < 1.29 is 0 Å². The zero-order valence-electron chi connectivity index (χ0n) is 12.9. The fourth-order valence-electron chi connectivity index (χ4n) is 2.23. The quantitative estimate of drug-likeness (QED) is 0.821. The second-order valence-corrected chi connectivity index (χ2v) is 5.71. The van der Waals surface area contributed by atoms with E-state index in [-0.39, 0.29) is 0 Å². The first kappa shape index (κ1) is 14.6. The minimum absolute atomic E-state index is 0.970. The van der Waals surface area contributed by atoms with Crippen molar-refractivity contribution in [3.05, 3.63) is 65.2 Å². The molecule has 105 valence electrons. The van der Waals surface area contributed by atoms with E-state index in [0.717, 1.165) is 18.7 Å². The maximum atomic E-state index is 3.25. The summed E-state index contributed by atoms with van der Waals surface area (Å²) in [6, 6.07) is 18.5. The Balaban J connectivity index is 2.08. The second-order valence-electron chi connectivity index (χ2n) is 5.71. The van der Waals surface area contributed by atoms with Crippen LogP contribution in [0.2, 0.25) is 0 Å². The van der Waals surface area contributed by atoms with Crippen molar-refractivity contribution in [2.45, 2.75) is 13.0 Å². The molecule has 0 bridgehead atoms. The van der Waals surface area contributed by atoms with Gasteiger partial charge in [0.25, 0.3) is 0 Å². The molecule has 0 fully saturated rings. The van der Waals surface area contributed by atoms with E-state index in [0.29, 0.717) is 0 Å². The van der Waals surface area contributed by atoms with Gasteiger partial charge in [-0.05, 0) is 43.3 Å². The van der Waals surface area contributed by atoms with Crippen LogP contribution in [0.15, 0.2) is 42.5 Å². The topological polar surface area (TPSA) is 6.48 Å². The molecule has 1 radical (unpaired) electrons. The Morgan fingerprint density at radius 2 is 1.50 bits per heavy atom. The Labute approximate surface area is 122 Å². The number of hydrogen-bond donors (Lipinski definition) is 0. The number of rotatable bonds is 5. The molecule has 0 aliphatic carbocycles. The molecular weight excluding hydrogens is 244 g/mol. The van der Waals surface area contributed by atoms with Gasteiger partial charge >= 0.3 is 0 Å². The Morgan fingerprint density at radius 1 is 0.850 bits per heavy atom. The Kier molecular flexibility index (Phi) is 4.80. The first-order valence-electron chi connectivity index (χ1n) is 6.95. The fraction of sp³-hybridized carbons (Fsp3) is 0.333. The molecule has 2 rings (SSSR count). The van der Waals surface area contributed by atoms with E-state index in [2.05, 4.69) is 66.4 Å². The van der Waals surface area contributed by atoms with Gasteiger partial charge in [0.1, 0.15) is 0 Å². The number of anilines is 1. The van der Waals surface area contributed by atoms with E-state index in [1.54, 1.807) is 0 Å². The van der Waals surface area contributed by atoms with Gasteiger partial charge in [0.15, 0.2) is 0 Å². The molecule has 0 N–H and O–H groups in total. The molecule has 2 aromatic carbocycles. The average Bonchev–Trinajstić information content (AvgIpc) is 2.41. The molecule has 0 aliphatic heterocycles. The third-order valence-corrected chi connectivity index (χ3v) is 3.26. The van der Waals surface area contributed by atoms with Crippen LogP contribution in [0, 0.1) is 6.07 Å². The summed E-state index contributed by atoms with van der Waals surface area (Å²) in [7, 11) is 8.28. The maximum absolute atomic E-state index is 3.25. The van der Waals surface area contributed by atoms with E-state index >= 15 is 0 Å². The van der Waals surface area contributed by atoms with Crippen molar-refractivity contribution >= 4 is 5.69 Å². The Hall–Kier alpha value is -1.80. The number of hydrogen-bond acceptors (Lipinski definition) is 2. The lowest BCUT2D eigenvalue weighted by atomic mass is 10.0. The highest BCUT2D eigenvalue weighted by Crippen LogP contribution is 2.16. The highest BCUT2D eigenvalue weighted by atomic mass is 15.1. The molecule has 20 heavy (non-hydrogen) atoms. The van der Waals surface area contributed by atoms with Crippen molar-refractivity contribution in [2.75, 3.05) is 33.1 Å². The molecule has 0 heterocycles. The standard InChI is InChI=1S/C18H23N2/c1-19(2)14-16-10-8-15(9-11-16)12-17-6-5-7-18(13-17)20(3)4/h5-6,8-11,13H,12,14H2,1-4H3. The highest BCUT2D eigenvalue weighted by molar-refractivity contribution is 5.47. The van der Waals surface area contributed by atoms with Gasteiger partial charge in [-0.15, -0.1) is 0 Å². The van der Waals surface area contributed by atoms with Crippen LogP contribution >= 0.6 is 0 Å². The summed E-state index contributed by atoms with van der Waals surface area (Å²) >= 11 is 0. The minimum atomic E-state index is 0.970. The van der Waals surface area contributed by atoms with Crippen LogP contribution in [0.4, 0.5) is 5.69 Å². The average molecular weight is 267 g/mol. The summed E-state index contributed by atoms with van der Waals surface area (Å²) in [6.07, 6.45) is 0.970. The Morgan fingerprint density at radius 3 is 2.10 bits per heavy atom. The zero-order chi connectivity index (χ0) is 14.5. The first-order chi connectivity index (χ1) is 9.54. The van der Waals surface area contributed by atoms with Crippen molar-refractivity contribution in [1.82, 2.24) is 4.90 Å². The van der Waals surface area contributed by atoms with E-state index in [1.807, 2.05) is 20.2 Å². The maximum Gasteiger partial charge on any atom is 0.0444 e. The number of benzene rings is 2. The van der Waals surface area contributed by atoms with Gasteiger partial charge < -0.3 is 9.80 Å². The van der Waals surface area contributed by atoms with Crippen molar-refractivity contribution in [3.8, 4) is 0 Å². The highest BCUT2D eigenvalue weighted by Gasteiger charge is 2.01.